The summed E-state index contributed by atoms with van der Waals surface area (Å²) in [6, 6.07) is 18.0. The first-order valence-electron chi connectivity index (χ1n) is 11.2. The van der Waals surface area contributed by atoms with Crippen LogP contribution >= 0.6 is 38.9 Å². The average Bonchev–Trinajstić information content (AvgIpc) is 3.45. The van der Waals surface area contributed by atoms with E-state index in [0.717, 1.165) is 15.6 Å². The van der Waals surface area contributed by atoms with Crippen LogP contribution in [0.25, 0.3) is 17.4 Å². The fourth-order valence-corrected chi connectivity index (χ4v) is 5.56. The first-order chi connectivity index (χ1) is 17.4. The first kappa shape index (κ1) is 24.5. The summed E-state index contributed by atoms with van der Waals surface area (Å²) in [6.45, 7) is 3.74. The van der Waals surface area contributed by atoms with E-state index in [-0.39, 0.29) is 12.2 Å². The smallest absolute Gasteiger partial charge is 0.338 e. The highest BCUT2D eigenvalue weighted by Gasteiger charge is 2.33. The molecule has 36 heavy (non-hydrogen) atoms. The van der Waals surface area contributed by atoms with Crippen molar-refractivity contribution in [1.29, 1.82) is 0 Å². The number of esters is 1. The predicted octanol–water partition coefficient (Wildman–Crippen LogP) is 5.47. The predicted molar refractivity (Wildman–Crippen MR) is 144 cm³/mol. The lowest BCUT2D eigenvalue weighted by Gasteiger charge is -2.24. The standard InChI is InChI=1S/C27H20BrClN2O4S/c1-3-34-26(33)23-15(2)30-27-31(24(23)16-7-5-4-6-8-16)25(32)22(36-27)14-18-10-12-21(35-18)17-9-11-19(28)20(29)13-17/h4-14,24H,3H2,1-2H3/b22-14-/t24-/m1/s1. The number of aromatic nitrogens is 1. The fourth-order valence-electron chi connectivity index (χ4n) is 4.11. The molecule has 5 rings (SSSR count). The zero-order valence-corrected chi connectivity index (χ0v) is 22.5. The Hall–Kier alpha value is -3.20. The van der Waals surface area contributed by atoms with E-state index >= 15 is 0 Å². The molecular weight excluding hydrogens is 564 g/mol. The molecule has 2 aromatic carbocycles. The van der Waals surface area contributed by atoms with Gasteiger partial charge in [0.1, 0.15) is 11.5 Å². The molecule has 0 radical (unpaired) electrons. The quantitative estimate of drug-likeness (QED) is 0.292. The Kier molecular flexibility index (Phi) is 6.83. The van der Waals surface area contributed by atoms with Gasteiger partial charge >= 0.3 is 5.97 Å². The number of hydrogen-bond donors (Lipinski definition) is 0. The van der Waals surface area contributed by atoms with Crippen LogP contribution in [0, 0.1) is 0 Å². The summed E-state index contributed by atoms with van der Waals surface area (Å²) in [7, 11) is 0. The van der Waals surface area contributed by atoms with E-state index in [0.29, 0.717) is 37.1 Å². The minimum Gasteiger partial charge on any atom is -0.463 e. The molecule has 0 spiro atoms. The number of benzene rings is 2. The van der Waals surface area contributed by atoms with Crippen LogP contribution in [0.1, 0.15) is 31.2 Å². The highest BCUT2D eigenvalue weighted by Crippen LogP contribution is 2.31. The van der Waals surface area contributed by atoms with E-state index < -0.39 is 12.0 Å². The zero-order valence-electron chi connectivity index (χ0n) is 19.3. The molecule has 9 heteroatoms. The van der Waals surface area contributed by atoms with E-state index in [1.165, 1.54) is 11.3 Å². The lowest BCUT2D eigenvalue weighted by molar-refractivity contribution is -0.139. The maximum absolute atomic E-state index is 13.6. The Balaban J connectivity index is 1.62. The normalized spacial score (nSPS) is 15.6. The van der Waals surface area contributed by atoms with E-state index in [1.807, 2.05) is 54.6 Å². The molecule has 3 heterocycles. The van der Waals surface area contributed by atoms with Gasteiger partial charge in [-0.3, -0.25) is 9.36 Å². The number of thiazole rings is 1. The van der Waals surface area contributed by atoms with Gasteiger partial charge in [0.2, 0.25) is 0 Å². The van der Waals surface area contributed by atoms with Crippen LogP contribution in [0.15, 0.2) is 90.6 Å². The molecule has 0 unspecified atom stereocenters. The number of nitrogens with zero attached hydrogens (tertiary/aromatic N) is 2. The van der Waals surface area contributed by atoms with Crippen molar-refractivity contribution >= 4 is 50.9 Å². The Morgan fingerprint density at radius 3 is 2.72 bits per heavy atom. The summed E-state index contributed by atoms with van der Waals surface area (Å²) in [5, 5.41) is 0.576. The summed E-state index contributed by atoms with van der Waals surface area (Å²) < 4.78 is 14.1. The summed E-state index contributed by atoms with van der Waals surface area (Å²) in [4.78, 5) is 31.6. The van der Waals surface area contributed by atoms with Crippen LogP contribution in [0.2, 0.25) is 5.02 Å². The molecule has 0 N–H and O–H groups in total. The Labute approximate surface area is 224 Å². The van der Waals surface area contributed by atoms with E-state index in [4.69, 9.17) is 20.8 Å². The third kappa shape index (κ3) is 4.52. The molecule has 1 aliphatic rings. The molecule has 182 valence electrons. The van der Waals surface area contributed by atoms with Gasteiger partial charge in [0, 0.05) is 16.1 Å². The van der Waals surface area contributed by atoms with Gasteiger partial charge in [-0.05, 0) is 59.6 Å². The van der Waals surface area contributed by atoms with E-state index in [1.54, 1.807) is 30.6 Å². The Morgan fingerprint density at radius 1 is 1.22 bits per heavy atom. The second-order valence-corrected chi connectivity index (χ2v) is 10.3. The molecule has 4 aromatic rings. The summed E-state index contributed by atoms with van der Waals surface area (Å²) >= 11 is 10.9. The molecule has 0 fully saturated rings. The van der Waals surface area contributed by atoms with Gasteiger partial charge in [-0.2, -0.15) is 0 Å². The molecule has 0 aliphatic carbocycles. The number of fused-ring (bicyclic) bond motifs is 1. The number of rotatable bonds is 5. The van der Waals surface area contributed by atoms with Crippen molar-refractivity contribution in [2.75, 3.05) is 6.61 Å². The van der Waals surface area contributed by atoms with E-state index in [9.17, 15) is 9.59 Å². The average molecular weight is 584 g/mol. The third-order valence-electron chi connectivity index (χ3n) is 5.74. The van der Waals surface area contributed by atoms with Gasteiger partial charge in [-0.15, -0.1) is 0 Å². The summed E-state index contributed by atoms with van der Waals surface area (Å²) in [5.41, 5.74) is 2.25. The topological polar surface area (TPSA) is 73.8 Å². The molecular formula is C27H20BrClN2O4S. The van der Waals surface area contributed by atoms with Crippen molar-refractivity contribution in [2.45, 2.75) is 19.9 Å². The van der Waals surface area contributed by atoms with Gasteiger partial charge in [0.15, 0.2) is 4.80 Å². The van der Waals surface area contributed by atoms with Crippen LogP contribution in [0.5, 0.6) is 0 Å². The van der Waals surface area contributed by atoms with Crippen molar-refractivity contribution in [2.24, 2.45) is 4.99 Å². The van der Waals surface area contributed by atoms with Gasteiger partial charge in [-0.25, -0.2) is 9.79 Å². The number of halogens is 2. The number of furan rings is 1. The van der Waals surface area contributed by atoms with Gasteiger partial charge in [-0.1, -0.05) is 59.3 Å². The van der Waals surface area contributed by atoms with Crippen molar-refractivity contribution in [3.05, 3.63) is 112 Å². The van der Waals surface area contributed by atoms with Crippen molar-refractivity contribution in [1.82, 2.24) is 4.57 Å². The van der Waals surface area contributed by atoms with Gasteiger partial charge in [0.05, 0.1) is 33.5 Å². The highest BCUT2D eigenvalue weighted by molar-refractivity contribution is 9.10. The van der Waals surface area contributed by atoms with Crippen molar-refractivity contribution in [3.8, 4) is 11.3 Å². The van der Waals surface area contributed by atoms with E-state index in [2.05, 4.69) is 20.9 Å². The highest BCUT2D eigenvalue weighted by atomic mass is 79.9. The lowest BCUT2D eigenvalue weighted by atomic mass is 9.96. The monoisotopic (exact) mass is 582 g/mol. The molecule has 0 amide bonds. The second-order valence-electron chi connectivity index (χ2n) is 8.04. The Morgan fingerprint density at radius 2 is 2.00 bits per heavy atom. The van der Waals surface area contributed by atoms with Crippen LogP contribution in [0.4, 0.5) is 0 Å². The summed E-state index contributed by atoms with van der Waals surface area (Å²) in [5.74, 6) is 0.670. The molecule has 0 saturated carbocycles. The Bertz CT molecular complexity index is 1680. The summed E-state index contributed by atoms with van der Waals surface area (Å²) in [6.07, 6.45) is 1.69. The van der Waals surface area contributed by atoms with Gasteiger partial charge in [0.25, 0.3) is 5.56 Å². The molecule has 1 aliphatic heterocycles. The SMILES string of the molecule is CCOC(=O)C1=C(C)N=c2s/c(=C\c3ccc(-c4ccc(Br)c(Cl)c4)o3)c(=O)n2[C@@H]1c1ccccc1. The minimum atomic E-state index is -0.638. The molecule has 6 nitrogen and oxygen atoms in total. The molecule has 2 aromatic heterocycles. The van der Waals surface area contributed by atoms with Crippen LogP contribution < -0.4 is 14.9 Å². The molecule has 1 atom stereocenters. The second kappa shape index (κ2) is 10.0. The van der Waals surface area contributed by atoms with Crippen LogP contribution in [-0.2, 0) is 9.53 Å². The number of ether oxygens (including phenoxy) is 1. The first-order valence-corrected chi connectivity index (χ1v) is 13.2. The zero-order chi connectivity index (χ0) is 25.4. The fraction of sp³-hybridized carbons (Fsp3) is 0.148. The number of carbonyl (C=O) groups excluding carboxylic acids is 1. The number of carbonyl (C=O) groups is 1. The van der Waals surface area contributed by atoms with Crippen LogP contribution in [0.3, 0.4) is 0 Å². The van der Waals surface area contributed by atoms with Crippen molar-refractivity contribution < 1.29 is 13.9 Å². The maximum Gasteiger partial charge on any atom is 0.338 e. The minimum absolute atomic E-state index is 0.228. The lowest BCUT2D eigenvalue weighted by Crippen LogP contribution is -2.39. The maximum atomic E-state index is 13.6. The number of allylic oxidation sites excluding steroid dienone is 1. The largest absolute Gasteiger partial charge is 0.463 e. The molecule has 0 bridgehead atoms. The molecule has 0 saturated heterocycles. The van der Waals surface area contributed by atoms with Crippen molar-refractivity contribution in [3.63, 3.8) is 0 Å². The number of hydrogen-bond acceptors (Lipinski definition) is 6. The van der Waals surface area contributed by atoms with Crippen LogP contribution in [-0.4, -0.2) is 17.1 Å². The van der Waals surface area contributed by atoms with Gasteiger partial charge < -0.3 is 9.15 Å². The third-order valence-corrected chi connectivity index (χ3v) is 7.95.